The minimum atomic E-state index is -5.08. The van der Waals surface area contributed by atoms with Crippen molar-refractivity contribution >= 4 is 21.9 Å². The molecule has 16 heteroatoms. The molecule has 11 nitrogen and oxygen atoms in total. The lowest BCUT2D eigenvalue weighted by atomic mass is 9.91. The molecule has 1 aromatic carbocycles. The minimum absolute atomic E-state index is 0.0875. The molecule has 1 spiro atoms. The molecule has 2 aliphatic rings. The highest BCUT2D eigenvalue weighted by Crippen LogP contribution is 2.45. The van der Waals surface area contributed by atoms with E-state index in [1.807, 2.05) is 0 Å². The van der Waals surface area contributed by atoms with E-state index < -0.39 is 38.0 Å². The predicted octanol–water partition coefficient (Wildman–Crippen LogP) is 4.23. The number of aliphatic imine (C=N–C) groups is 1. The lowest BCUT2D eigenvalue weighted by molar-refractivity contribution is -0.192. The molecule has 4 atom stereocenters. The molecule has 0 radical (unpaired) electrons. The number of alkyl halides is 3. The molecular formula is C26H28F4N6O5S. The summed E-state index contributed by atoms with van der Waals surface area (Å²) < 4.78 is 75.1. The van der Waals surface area contributed by atoms with Gasteiger partial charge in [-0.25, -0.2) is 27.7 Å². The number of carboxylic acid groups (broad SMARTS) is 1. The Morgan fingerprint density at radius 2 is 1.95 bits per heavy atom. The highest BCUT2D eigenvalue weighted by atomic mass is 32.2. The van der Waals surface area contributed by atoms with Gasteiger partial charge in [0, 0.05) is 36.5 Å². The van der Waals surface area contributed by atoms with E-state index in [1.54, 1.807) is 38.4 Å². The fourth-order valence-electron chi connectivity index (χ4n) is 5.03. The van der Waals surface area contributed by atoms with Crippen LogP contribution >= 0.6 is 0 Å². The number of rotatable bonds is 4. The Morgan fingerprint density at radius 1 is 1.24 bits per heavy atom. The van der Waals surface area contributed by atoms with Crippen LogP contribution in [0.5, 0.6) is 5.88 Å². The van der Waals surface area contributed by atoms with Gasteiger partial charge in [0.05, 0.1) is 40.5 Å². The van der Waals surface area contributed by atoms with Crippen LogP contribution in [0.3, 0.4) is 0 Å². The van der Waals surface area contributed by atoms with Gasteiger partial charge >= 0.3 is 12.1 Å². The fraction of sp³-hybridized carbons (Fsp3) is 0.423. The molecule has 1 aliphatic heterocycles. The number of aliphatic carboxylic acids is 1. The van der Waals surface area contributed by atoms with Crippen LogP contribution in [0, 0.1) is 5.82 Å². The van der Waals surface area contributed by atoms with Crippen molar-refractivity contribution in [3.05, 3.63) is 48.0 Å². The molecule has 1 fully saturated rings. The van der Waals surface area contributed by atoms with Crippen molar-refractivity contribution in [3.8, 4) is 28.6 Å². The molecular weight excluding hydrogens is 584 g/mol. The first-order valence-electron chi connectivity index (χ1n) is 12.6. The van der Waals surface area contributed by atoms with Crippen LogP contribution in [0.25, 0.3) is 22.7 Å². The quantitative estimate of drug-likeness (QED) is 0.410. The Hall–Kier alpha value is -3.92. The third kappa shape index (κ3) is 5.72. The lowest BCUT2D eigenvalue weighted by Gasteiger charge is -2.42. The summed E-state index contributed by atoms with van der Waals surface area (Å²) in [5.41, 5.74) is 7.21. The molecule has 0 bridgehead atoms. The summed E-state index contributed by atoms with van der Waals surface area (Å²) in [6.07, 6.45) is 1.94. The maximum atomic E-state index is 15.2. The Morgan fingerprint density at radius 3 is 2.50 bits per heavy atom. The summed E-state index contributed by atoms with van der Waals surface area (Å²) in [5, 5.41) is 11.2. The molecule has 1 saturated carbocycles. The van der Waals surface area contributed by atoms with Crippen molar-refractivity contribution in [2.75, 3.05) is 19.9 Å². The smallest absolute Gasteiger partial charge is 0.480 e. The molecule has 0 saturated heterocycles. The predicted molar refractivity (Wildman–Crippen MR) is 145 cm³/mol. The average Bonchev–Trinajstić information content (AvgIpc) is 3.59. The molecule has 0 amide bonds. The van der Waals surface area contributed by atoms with Gasteiger partial charge in [0.25, 0.3) is 0 Å². The monoisotopic (exact) mass is 612 g/mol. The SMILES string of the molecule is CN=S1(=O)C[C@@](C)(c2cc(-c3cc(-c4cnc(OC)cn4)no3)ccc2F)N=CC12CCCC2N.O=C(O)C(F)(F)F. The van der Waals surface area contributed by atoms with Gasteiger partial charge < -0.3 is 20.1 Å². The number of aromatic nitrogens is 3. The Balaban J connectivity index is 0.000000517. The van der Waals surface area contributed by atoms with Crippen LogP contribution in [0.1, 0.15) is 31.7 Å². The van der Waals surface area contributed by atoms with Crippen LogP contribution in [-0.2, 0) is 20.1 Å². The first-order valence-corrected chi connectivity index (χ1v) is 14.2. The van der Waals surface area contributed by atoms with Crippen molar-refractivity contribution in [1.29, 1.82) is 0 Å². The first-order chi connectivity index (χ1) is 19.7. The summed E-state index contributed by atoms with van der Waals surface area (Å²) in [7, 11) is 0.283. The number of benzene rings is 1. The summed E-state index contributed by atoms with van der Waals surface area (Å²) in [5.74, 6) is -2.30. The second kappa shape index (κ2) is 11.4. The Bertz CT molecular complexity index is 1620. The summed E-state index contributed by atoms with van der Waals surface area (Å²) in [6.45, 7) is 1.78. The van der Waals surface area contributed by atoms with Crippen LogP contribution in [0.4, 0.5) is 17.6 Å². The maximum absolute atomic E-state index is 15.2. The van der Waals surface area contributed by atoms with E-state index in [4.69, 9.17) is 29.9 Å². The number of ether oxygens (including phenoxy) is 1. The number of nitrogens with two attached hydrogens (primary N) is 1. The normalized spacial score (nSPS) is 26.9. The van der Waals surface area contributed by atoms with Crippen LogP contribution in [-0.4, -0.2) is 73.5 Å². The van der Waals surface area contributed by atoms with Crippen LogP contribution < -0.4 is 10.5 Å². The van der Waals surface area contributed by atoms with E-state index >= 15 is 4.39 Å². The molecule has 3 heterocycles. The molecule has 3 aromatic rings. The number of carboxylic acids is 1. The van der Waals surface area contributed by atoms with Gasteiger partial charge in [-0.1, -0.05) is 5.16 Å². The zero-order valence-corrected chi connectivity index (χ0v) is 23.6. The second-order valence-electron chi connectivity index (χ2n) is 9.97. The van der Waals surface area contributed by atoms with Gasteiger partial charge in [0.15, 0.2) is 5.76 Å². The van der Waals surface area contributed by atoms with Crippen molar-refractivity contribution < 1.29 is 40.9 Å². The molecule has 226 valence electrons. The first kappa shape index (κ1) is 31.0. The third-order valence-corrected chi connectivity index (χ3v) is 10.7. The summed E-state index contributed by atoms with van der Waals surface area (Å²) >= 11 is 0. The number of halogens is 4. The average molecular weight is 613 g/mol. The molecule has 3 N–H and O–H groups in total. The Labute approximate surface area is 238 Å². The van der Waals surface area contributed by atoms with E-state index in [1.165, 1.54) is 25.6 Å². The van der Waals surface area contributed by atoms with Crippen molar-refractivity contribution in [3.63, 3.8) is 0 Å². The van der Waals surface area contributed by atoms with Crippen molar-refractivity contribution in [2.24, 2.45) is 15.1 Å². The number of nitrogens with zero attached hydrogens (tertiary/aromatic N) is 5. The highest BCUT2D eigenvalue weighted by molar-refractivity contribution is 7.95. The molecule has 42 heavy (non-hydrogen) atoms. The largest absolute Gasteiger partial charge is 0.490 e. The maximum Gasteiger partial charge on any atom is 0.490 e. The van der Waals surface area contributed by atoms with E-state index in [9.17, 15) is 17.4 Å². The van der Waals surface area contributed by atoms with Gasteiger partial charge in [-0.2, -0.15) is 13.2 Å². The highest BCUT2D eigenvalue weighted by Gasteiger charge is 2.54. The third-order valence-electron chi connectivity index (χ3n) is 7.33. The topological polar surface area (TPSA) is 166 Å². The Kier molecular flexibility index (Phi) is 8.42. The van der Waals surface area contributed by atoms with E-state index in [0.29, 0.717) is 40.6 Å². The lowest BCUT2D eigenvalue weighted by Crippen LogP contribution is -2.57. The molecule has 1 aliphatic carbocycles. The zero-order chi connectivity index (χ0) is 30.9. The summed E-state index contributed by atoms with van der Waals surface area (Å²) in [4.78, 5) is 22.1. The second-order valence-corrected chi connectivity index (χ2v) is 12.7. The van der Waals surface area contributed by atoms with E-state index in [0.717, 1.165) is 12.8 Å². The van der Waals surface area contributed by atoms with Gasteiger partial charge in [-0.15, -0.1) is 0 Å². The fourth-order valence-corrected chi connectivity index (χ4v) is 8.03. The van der Waals surface area contributed by atoms with E-state index in [-0.39, 0.29) is 11.8 Å². The van der Waals surface area contributed by atoms with Crippen molar-refractivity contribution in [1.82, 2.24) is 15.1 Å². The number of carbonyl (C=O) groups is 1. The number of methoxy groups -OCH3 is 1. The molecule has 3 unspecified atom stereocenters. The molecule has 2 aromatic heterocycles. The van der Waals surface area contributed by atoms with Gasteiger partial charge in [0.2, 0.25) is 5.88 Å². The van der Waals surface area contributed by atoms with Gasteiger partial charge in [-0.3, -0.25) is 4.99 Å². The minimum Gasteiger partial charge on any atom is -0.480 e. The number of hydrogen-bond donors (Lipinski definition) is 2. The van der Waals surface area contributed by atoms with Crippen LogP contribution in [0.15, 0.2) is 50.5 Å². The van der Waals surface area contributed by atoms with Gasteiger partial charge in [-0.05, 0) is 44.4 Å². The number of hydrogen-bond acceptors (Lipinski definition) is 10. The summed E-state index contributed by atoms with van der Waals surface area (Å²) in [6, 6.07) is 6.05. The zero-order valence-electron chi connectivity index (χ0n) is 22.8. The van der Waals surface area contributed by atoms with E-state index in [2.05, 4.69) is 19.5 Å². The standard InChI is InChI=1S/C24H27FN6O3S.C2HF3O2/c1-23(14-35(32,27-2)24(13-30-23)8-4-5-21(24)26)16-9-15(6-7-17(16)25)20-10-18(31-34-20)19-11-29-22(33-3)12-28-19;3-2(4,5)1(6)7/h6-7,9-13,21H,4-5,8,14,26H2,1-3H3;(H,6,7)/t21?,23-,24?,35?;/m0./s1. The van der Waals surface area contributed by atoms with Crippen LogP contribution in [0.2, 0.25) is 0 Å². The molecule has 5 rings (SSSR count). The van der Waals surface area contributed by atoms with Crippen molar-refractivity contribution in [2.45, 2.75) is 48.7 Å². The van der Waals surface area contributed by atoms with Gasteiger partial charge in [0.1, 0.15) is 22.0 Å².